The van der Waals surface area contributed by atoms with E-state index in [4.69, 9.17) is 5.11 Å². The number of carboxylic acid groups (broad SMARTS) is 1. The Morgan fingerprint density at radius 3 is 2.68 bits per heavy atom. The number of rotatable bonds is 6. The Hall–Kier alpha value is -1.59. The van der Waals surface area contributed by atoms with Gasteiger partial charge in [-0.05, 0) is 24.9 Å². The number of benzene rings is 1. The maximum absolute atomic E-state index is 11.8. The summed E-state index contributed by atoms with van der Waals surface area (Å²) in [5.41, 5.74) is 1.15. The first-order chi connectivity index (χ1) is 10.2. The van der Waals surface area contributed by atoms with Gasteiger partial charge in [0.2, 0.25) is 5.91 Å². The van der Waals surface area contributed by atoms with Gasteiger partial charge >= 0.3 is 5.97 Å². The van der Waals surface area contributed by atoms with Gasteiger partial charge in [0.25, 0.3) is 0 Å². The molecule has 122 valence electrons. The lowest BCUT2D eigenvalue weighted by Crippen LogP contribution is -2.31. The van der Waals surface area contributed by atoms with E-state index in [0.29, 0.717) is 19.4 Å². The predicted octanol–water partition coefficient (Wildman–Crippen LogP) is 2.23. The van der Waals surface area contributed by atoms with Crippen molar-refractivity contribution in [2.45, 2.75) is 31.7 Å². The molecule has 22 heavy (non-hydrogen) atoms. The summed E-state index contributed by atoms with van der Waals surface area (Å²) >= 11 is 0. The summed E-state index contributed by atoms with van der Waals surface area (Å²) in [5.74, 6) is -0.667. The molecule has 1 heterocycles. The molecule has 0 spiro atoms. The van der Waals surface area contributed by atoms with Crippen LogP contribution in [0.1, 0.15) is 37.3 Å². The van der Waals surface area contributed by atoms with Crippen LogP contribution in [0, 0.1) is 0 Å². The highest BCUT2D eigenvalue weighted by atomic mass is 35.5. The van der Waals surface area contributed by atoms with Crippen molar-refractivity contribution in [1.82, 2.24) is 10.2 Å². The molecule has 1 aliphatic heterocycles. The Labute approximate surface area is 137 Å². The second kappa shape index (κ2) is 9.43. The van der Waals surface area contributed by atoms with Crippen LogP contribution >= 0.6 is 12.4 Å². The minimum atomic E-state index is -0.748. The van der Waals surface area contributed by atoms with Crippen molar-refractivity contribution >= 4 is 24.3 Å². The number of unbranched alkanes of at least 4 members (excludes halogenated alkanes) is 1. The van der Waals surface area contributed by atoms with E-state index in [-0.39, 0.29) is 30.8 Å². The van der Waals surface area contributed by atoms with Crippen molar-refractivity contribution in [3.8, 4) is 0 Å². The zero-order chi connectivity index (χ0) is 15.1. The molecule has 1 saturated heterocycles. The van der Waals surface area contributed by atoms with E-state index in [0.717, 1.165) is 25.1 Å². The SMILES string of the molecule is Cl.O=C(O)CCCCN1CCNC(=O)CC1c1ccccc1. The first-order valence-electron chi connectivity index (χ1n) is 7.44. The third kappa shape index (κ3) is 5.66. The first kappa shape index (κ1) is 18.5. The van der Waals surface area contributed by atoms with E-state index in [1.165, 1.54) is 0 Å². The lowest BCUT2D eigenvalue weighted by atomic mass is 10.0. The van der Waals surface area contributed by atoms with E-state index >= 15 is 0 Å². The van der Waals surface area contributed by atoms with Crippen molar-refractivity contribution in [3.63, 3.8) is 0 Å². The summed E-state index contributed by atoms with van der Waals surface area (Å²) in [5, 5.41) is 11.6. The van der Waals surface area contributed by atoms with Gasteiger partial charge in [-0.15, -0.1) is 12.4 Å². The van der Waals surface area contributed by atoms with Gasteiger partial charge in [-0.1, -0.05) is 30.3 Å². The number of hydrogen-bond acceptors (Lipinski definition) is 3. The Bertz CT molecular complexity index is 482. The van der Waals surface area contributed by atoms with Crippen LogP contribution in [-0.2, 0) is 9.59 Å². The lowest BCUT2D eigenvalue weighted by molar-refractivity contribution is -0.137. The van der Waals surface area contributed by atoms with Gasteiger partial charge in [0.05, 0.1) is 0 Å². The smallest absolute Gasteiger partial charge is 0.303 e. The number of halogens is 1. The average Bonchev–Trinajstić information content (AvgIpc) is 2.66. The number of amides is 1. The molecule has 1 fully saturated rings. The van der Waals surface area contributed by atoms with Gasteiger partial charge in [-0.3, -0.25) is 14.5 Å². The highest BCUT2D eigenvalue weighted by molar-refractivity contribution is 5.85. The van der Waals surface area contributed by atoms with E-state index in [9.17, 15) is 9.59 Å². The number of carboxylic acids is 1. The van der Waals surface area contributed by atoms with Crippen molar-refractivity contribution in [3.05, 3.63) is 35.9 Å². The quantitative estimate of drug-likeness (QED) is 0.786. The van der Waals surface area contributed by atoms with Crippen LogP contribution in [0.15, 0.2) is 30.3 Å². The third-order valence-corrected chi connectivity index (χ3v) is 3.81. The molecule has 0 radical (unpaired) electrons. The molecule has 2 N–H and O–H groups in total. The fraction of sp³-hybridized carbons (Fsp3) is 0.500. The molecule has 0 saturated carbocycles. The molecule has 2 rings (SSSR count). The molecule has 1 aliphatic rings. The number of carbonyl (C=O) groups is 2. The van der Waals surface area contributed by atoms with Gasteiger partial charge < -0.3 is 10.4 Å². The third-order valence-electron chi connectivity index (χ3n) is 3.81. The number of aliphatic carboxylic acids is 1. The molecule has 6 heteroatoms. The second-order valence-corrected chi connectivity index (χ2v) is 5.37. The molecular formula is C16H23ClN2O3. The zero-order valence-electron chi connectivity index (χ0n) is 12.5. The van der Waals surface area contributed by atoms with Crippen LogP contribution in [0.4, 0.5) is 0 Å². The molecule has 1 atom stereocenters. The molecule has 1 unspecified atom stereocenters. The van der Waals surface area contributed by atoms with Crippen molar-refractivity contribution < 1.29 is 14.7 Å². The summed E-state index contributed by atoms with van der Waals surface area (Å²) in [6.45, 7) is 2.28. The zero-order valence-corrected chi connectivity index (χ0v) is 13.3. The number of nitrogens with one attached hydrogen (secondary N) is 1. The van der Waals surface area contributed by atoms with Crippen LogP contribution in [0.25, 0.3) is 0 Å². The minimum Gasteiger partial charge on any atom is -0.481 e. The van der Waals surface area contributed by atoms with E-state index < -0.39 is 5.97 Å². The summed E-state index contributed by atoms with van der Waals surface area (Å²) < 4.78 is 0. The molecule has 0 aliphatic carbocycles. The first-order valence-corrected chi connectivity index (χ1v) is 7.44. The molecule has 1 aromatic rings. The van der Waals surface area contributed by atoms with Gasteiger partial charge in [0.1, 0.15) is 0 Å². The maximum atomic E-state index is 11.8. The molecule has 0 bridgehead atoms. The summed E-state index contributed by atoms with van der Waals surface area (Å²) in [7, 11) is 0. The van der Waals surface area contributed by atoms with Crippen LogP contribution in [0.2, 0.25) is 0 Å². The topological polar surface area (TPSA) is 69.6 Å². The van der Waals surface area contributed by atoms with Gasteiger partial charge in [-0.2, -0.15) is 0 Å². The molecule has 5 nitrogen and oxygen atoms in total. The van der Waals surface area contributed by atoms with Crippen LogP contribution in [0.5, 0.6) is 0 Å². The monoisotopic (exact) mass is 326 g/mol. The van der Waals surface area contributed by atoms with E-state index in [1.807, 2.05) is 30.3 Å². The number of nitrogens with zero attached hydrogens (tertiary/aromatic N) is 1. The normalized spacial score (nSPS) is 18.9. The molecule has 1 aromatic carbocycles. The average molecular weight is 327 g/mol. The molecule has 1 amide bonds. The number of hydrogen-bond donors (Lipinski definition) is 2. The molecule has 0 aromatic heterocycles. The van der Waals surface area contributed by atoms with Crippen molar-refractivity contribution in [1.29, 1.82) is 0 Å². The van der Waals surface area contributed by atoms with Crippen molar-refractivity contribution in [2.75, 3.05) is 19.6 Å². The van der Waals surface area contributed by atoms with Crippen LogP contribution in [-0.4, -0.2) is 41.5 Å². The van der Waals surface area contributed by atoms with Crippen LogP contribution in [0.3, 0.4) is 0 Å². The standard InChI is InChI=1S/C16H22N2O3.ClH/c19-15-12-14(13-6-2-1-3-7-13)18(11-9-17-15)10-5-4-8-16(20)21;/h1-3,6-7,14H,4-5,8-12H2,(H,17,19)(H,20,21);1H. The Morgan fingerprint density at radius 1 is 1.27 bits per heavy atom. The predicted molar refractivity (Wildman–Crippen MR) is 87.1 cm³/mol. The highest BCUT2D eigenvalue weighted by Crippen LogP contribution is 2.25. The van der Waals surface area contributed by atoms with Crippen LogP contribution < -0.4 is 5.32 Å². The molecular weight excluding hydrogens is 304 g/mol. The second-order valence-electron chi connectivity index (χ2n) is 5.37. The van der Waals surface area contributed by atoms with E-state index in [2.05, 4.69) is 10.2 Å². The fourth-order valence-corrected chi connectivity index (χ4v) is 2.73. The minimum absolute atomic E-state index is 0. The Kier molecular flexibility index (Phi) is 7.91. The fourth-order valence-electron chi connectivity index (χ4n) is 2.73. The Morgan fingerprint density at radius 2 is 2.00 bits per heavy atom. The van der Waals surface area contributed by atoms with E-state index in [1.54, 1.807) is 0 Å². The summed E-state index contributed by atoms with van der Waals surface area (Å²) in [6, 6.07) is 10.1. The summed E-state index contributed by atoms with van der Waals surface area (Å²) in [4.78, 5) is 24.7. The van der Waals surface area contributed by atoms with Gasteiger partial charge in [0, 0.05) is 32.0 Å². The Balaban J connectivity index is 0.00000242. The summed E-state index contributed by atoms with van der Waals surface area (Å²) in [6.07, 6.45) is 2.18. The maximum Gasteiger partial charge on any atom is 0.303 e. The number of carbonyl (C=O) groups excluding carboxylic acids is 1. The lowest BCUT2D eigenvalue weighted by Gasteiger charge is -2.29. The largest absolute Gasteiger partial charge is 0.481 e. The van der Waals surface area contributed by atoms with Crippen molar-refractivity contribution in [2.24, 2.45) is 0 Å². The highest BCUT2D eigenvalue weighted by Gasteiger charge is 2.25. The van der Waals surface area contributed by atoms with Gasteiger partial charge in [-0.25, -0.2) is 0 Å². The van der Waals surface area contributed by atoms with Gasteiger partial charge in [0.15, 0.2) is 0 Å².